The largest absolute Gasteiger partial charge is 0.342 e. The van der Waals surface area contributed by atoms with Crippen LogP contribution in [0.5, 0.6) is 0 Å². The Hall–Kier alpha value is -1.20. The van der Waals surface area contributed by atoms with Crippen LogP contribution in [-0.2, 0) is 9.59 Å². The van der Waals surface area contributed by atoms with Crippen molar-refractivity contribution in [3.63, 3.8) is 0 Å². The van der Waals surface area contributed by atoms with Crippen molar-refractivity contribution in [3.05, 3.63) is 0 Å². The van der Waals surface area contributed by atoms with Crippen molar-refractivity contribution in [2.24, 2.45) is 5.92 Å². The molecule has 1 saturated heterocycles. The maximum absolute atomic E-state index is 12.7. The molecule has 2 rings (SSSR count). The van der Waals surface area contributed by atoms with Gasteiger partial charge in [-0.05, 0) is 25.2 Å². The van der Waals surface area contributed by atoms with Crippen LogP contribution >= 0.6 is 0 Å². The van der Waals surface area contributed by atoms with E-state index in [1.54, 1.807) is 6.92 Å². The summed E-state index contributed by atoms with van der Waals surface area (Å²) in [5.41, 5.74) is 0. The van der Waals surface area contributed by atoms with E-state index in [-0.39, 0.29) is 17.7 Å². The molecule has 4 nitrogen and oxygen atoms in total. The molecular formula is C14H22F2N2O2. The van der Waals surface area contributed by atoms with Gasteiger partial charge in [-0.25, -0.2) is 8.78 Å². The summed E-state index contributed by atoms with van der Waals surface area (Å²) in [6, 6.07) is -1.36. The van der Waals surface area contributed by atoms with Crippen LogP contribution in [0.2, 0.25) is 0 Å². The highest BCUT2D eigenvalue weighted by atomic mass is 19.3. The van der Waals surface area contributed by atoms with Gasteiger partial charge in [-0.3, -0.25) is 9.59 Å². The highest BCUT2D eigenvalue weighted by Crippen LogP contribution is 2.29. The number of nitrogens with zero attached hydrogens (tertiary/aromatic N) is 1. The topological polar surface area (TPSA) is 49.4 Å². The summed E-state index contributed by atoms with van der Waals surface area (Å²) in [6.07, 6.45) is 2.75. The lowest BCUT2D eigenvalue weighted by molar-refractivity contribution is -0.153. The predicted octanol–water partition coefficient (Wildman–Crippen LogP) is 1.94. The molecule has 1 aliphatic heterocycles. The average molecular weight is 288 g/mol. The second-order valence-electron chi connectivity index (χ2n) is 5.69. The van der Waals surface area contributed by atoms with Crippen LogP contribution in [0, 0.1) is 5.92 Å². The number of carbonyl (C=O) groups excluding carboxylic acids is 2. The first-order chi connectivity index (χ1) is 9.54. The Labute approximate surface area is 117 Å². The van der Waals surface area contributed by atoms with Crippen LogP contribution < -0.4 is 5.32 Å². The van der Waals surface area contributed by atoms with Crippen LogP contribution in [0.15, 0.2) is 0 Å². The Balaban J connectivity index is 2.14. The van der Waals surface area contributed by atoms with Crippen LogP contribution in [0.3, 0.4) is 0 Å². The molecular weight excluding hydrogens is 266 g/mol. The minimum absolute atomic E-state index is 0.0955. The van der Waals surface area contributed by atoms with Crippen LogP contribution in [0.4, 0.5) is 8.78 Å². The van der Waals surface area contributed by atoms with Crippen molar-refractivity contribution in [3.8, 4) is 0 Å². The second-order valence-corrected chi connectivity index (χ2v) is 5.69. The van der Waals surface area contributed by atoms with Crippen LogP contribution in [-0.4, -0.2) is 41.8 Å². The number of amides is 2. The Morgan fingerprint density at radius 3 is 2.45 bits per heavy atom. The van der Waals surface area contributed by atoms with E-state index in [4.69, 9.17) is 0 Å². The molecule has 6 heteroatoms. The van der Waals surface area contributed by atoms with Crippen molar-refractivity contribution >= 4 is 11.8 Å². The van der Waals surface area contributed by atoms with Gasteiger partial charge >= 0.3 is 0 Å². The fourth-order valence-corrected chi connectivity index (χ4v) is 3.34. The zero-order valence-electron chi connectivity index (χ0n) is 11.8. The zero-order chi connectivity index (χ0) is 14.7. The molecule has 0 aromatic heterocycles. The molecule has 0 radical (unpaired) electrons. The summed E-state index contributed by atoms with van der Waals surface area (Å²) in [5, 5.41) is 2.77. The first-order valence-electron chi connectivity index (χ1n) is 7.43. The van der Waals surface area contributed by atoms with Gasteiger partial charge in [0.1, 0.15) is 12.1 Å². The van der Waals surface area contributed by atoms with Gasteiger partial charge in [0.05, 0.1) is 6.54 Å². The third kappa shape index (κ3) is 3.10. The number of piperazine rings is 1. The Kier molecular flexibility index (Phi) is 4.94. The minimum atomic E-state index is -2.61. The third-order valence-corrected chi connectivity index (χ3v) is 4.37. The highest BCUT2D eigenvalue weighted by molar-refractivity contribution is 5.97. The highest BCUT2D eigenvalue weighted by Gasteiger charge is 2.43. The van der Waals surface area contributed by atoms with E-state index in [0.29, 0.717) is 6.42 Å². The Morgan fingerprint density at radius 1 is 1.25 bits per heavy atom. The summed E-state index contributed by atoms with van der Waals surface area (Å²) < 4.78 is 25.3. The summed E-state index contributed by atoms with van der Waals surface area (Å²) >= 11 is 0. The van der Waals surface area contributed by atoms with Gasteiger partial charge in [-0.1, -0.05) is 26.2 Å². The SMILES string of the molecule is CCC1C(=O)NC(C2CCCCC2)C(=O)N1CC(F)F. The number of hydrogen-bond acceptors (Lipinski definition) is 2. The summed E-state index contributed by atoms with van der Waals surface area (Å²) in [4.78, 5) is 25.6. The normalized spacial score (nSPS) is 28.9. The number of carbonyl (C=O) groups is 2. The van der Waals surface area contributed by atoms with Gasteiger partial charge in [0.25, 0.3) is 6.43 Å². The van der Waals surface area contributed by atoms with Crippen molar-refractivity contribution < 1.29 is 18.4 Å². The molecule has 2 amide bonds. The lowest BCUT2D eigenvalue weighted by Gasteiger charge is -2.42. The molecule has 0 aromatic carbocycles. The Morgan fingerprint density at radius 2 is 1.90 bits per heavy atom. The monoisotopic (exact) mass is 288 g/mol. The molecule has 1 saturated carbocycles. The molecule has 1 aliphatic carbocycles. The first-order valence-corrected chi connectivity index (χ1v) is 7.43. The predicted molar refractivity (Wildman–Crippen MR) is 70.3 cm³/mol. The summed E-state index contributed by atoms with van der Waals surface area (Å²) in [5.74, 6) is -0.523. The number of rotatable bonds is 4. The van der Waals surface area contributed by atoms with Gasteiger partial charge < -0.3 is 10.2 Å². The van der Waals surface area contributed by atoms with E-state index >= 15 is 0 Å². The van der Waals surface area contributed by atoms with Gasteiger partial charge in [0.15, 0.2) is 0 Å². The molecule has 2 unspecified atom stereocenters. The van der Waals surface area contributed by atoms with Crippen molar-refractivity contribution in [1.29, 1.82) is 0 Å². The van der Waals surface area contributed by atoms with Crippen molar-refractivity contribution in [2.75, 3.05) is 6.54 Å². The molecule has 1 N–H and O–H groups in total. The molecule has 2 aliphatic rings. The van der Waals surface area contributed by atoms with E-state index in [9.17, 15) is 18.4 Å². The third-order valence-electron chi connectivity index (χ3n) is 4.37. The number of nitrogens with one attached hydrogen (secondary N) is 1. The van der Waals surface area contributed by atoms with Crippen LogP contribution in [0.25, 0.3) is 0 Å². The fourth-order valence-electron chi connectivity index (χ4n) is 3.34. The van der Waals surface area contributed by atoms with Crippen molar-refractivity contribution in [1.82, 2.24) is 10.2 Å². The van der Waals surface area contributed by atoms with E-state index in [0.717, 1.165) is 37.0 Å². The molecule has 114 valence electrons. The van der Waals surface area contributed by atoms with Crippen LogP contribution in [0.1, 0.15) is 45.4 Å². The van der Waals surface area contributed by atoms with E-state index < -0.39 is 25.1 Å². The summed E-state index contributed by atoms with van der Waals surface area (Å²) in [7, 11) is 0. The smallest absolute Gasteiger partial charge is 0.255 e. The quantitative estimate of drug-likeness (QED) is 0.859. The molecule has 1 heterocycles. The molecule has 2 fully saturated rings. The van der Waals surface area contributed by atoms with E-state index in [2.05, 4.69) is 5.32 Å². The first kappa shape index (κ1) is 15.2. The maximum atomic E-state index is 12.7. The van der Waals surface area contributed by atoms with Gasteiger partial charge in [0.2, 0.25) is 11.8 Å². The zero-order valence-corrected chi connectivity index (χ0v) is 11.8. The number of alkyl halides is 2. The molecule has 0 spiro atoms. The minimum Gasteiger partial charge on any atom is -0.342 e. The standard InChI is InChI=1S/C14H22F2N2O2/c1-2-10-13(19)17-12(9-6-4-3-5-7-9)14(20)18(10)8-11(15)16/h9-12H,2-8H2,1H3,(H,17,19). The van der Waals surface area contributed by atoms with Gasteiger partial charge in [-0.2, -0.15) is 0 Å². The number of halogens is 2. The average Bonchev–Trinajstić information content (AvgIpc) is 2.43. The lowest BCUT2D eigenvalue weighted by atomic mass is 9.82. The van der Waals surface area contributed by atoms with E-state index in [1.165, 1.54) is 0 Å². The van der Waals surface area contributed by atoms with Gasteiger partial charge in [-0.15, -0.1) is 0 Å². The second kappa shape index (κ2) is 6.50. The van der Waals surface area contributed by atoms with Gasteiger partial charge in [0, 0.05) is 0 Å². The maximum Gasteiger partial charge on any atom is 0.255 e. The fraction of sp³-hybridized carbons (Fsp3) is 0.857. The number of hydrogen-bond donors (Lipinski definition) is 1. The summed E-state index contributed by atoms with van der Waals surface area (Å²) in [6.45, 7) is 1.09. The Bertz CT molecular complexity index is 370. The molecule has 0 bridgehead atoms. The molecule has 20 heavy (non-hydrogen) atoms. The molecule has 0 aromatic rings. The molecule has 2 atom stereocenters. The van der Waals surface area contributed by atoms with Crippen molar-refractivity contribution in [2.45, 2.75) is 64.0 Å². The lowest BCUT2D eigenvalue weighted by Crippen LogP contribution is -2.65. The van der Waals surface area contributed by atoms with E-state index in [1.807, 2.05) is 0 Å².